The minimum atomic E-state index is -1.11. The van der Waals surface area contributed by atoms with Crippen LogP contribution in [-0.2, 0) is 0 Å². The maximum Gasteiger partial charge on any atom is 0.338 e. The Balaban J connectivity index is 3.13. The number of aromatic nitrogens is 1. The first-order valence-electron chi connectivity index (χ1n) is 3.59. The van der Waals surface area contributed by atoms with E-state index in [2.05, 4.69) is 32.8 Å². The van der Waals surface area contributed by atoms with Crippen LogP contribution in [-0.4, -0.2) is 21.4 Å². The van der Waals surface area contributed by atoms with E-state index in [0.717, 1.165) is 0 Å². The number of hydrogen-bond acceptors (Lipinski definition) is 2. The van der Waals surface area contributed by atoms with Crippen LogP contribution in [0, 0.1) is 11.8 Å². The fourth-order valence-electron chi connectivity index (χ4n) is 0.802. The molecule has 0 unspecified atom stereocenters. The van der Waals surface area contributed by atoms with Gasteiger partial charge >= 0.3 is 5.97 Å². The van der Waals surface area contributed by atoms with Crippen molar-refractivity contribution < 1.29 is 9.90 Å². The van der Waals surface area contributed by atoms with E-state index in [1.807, 2.05) is 0 Å². The number of carboxylic acids is 1. The topological polar surface area (TPSA) is 50.2 Å². The molecular weight excluding hydrogens is 269 g/mol. The van der Waals surface area contributed by atoms with Crippen LogP contribution in [0.3, 0.4) is 0 Å². The van der Waals surface area contributed by atoms with Gasteiger partial charge in [-0.15, -0.1) is 0 Å². The lowest BCUT2D eigenvalue weighted by Gasteiger charge is -1.97. The SMILES string of the molecule is O=C(O)c1cc(C#CCBr)cnc1Cl. The molecule has 1 rings (SSSR count). The Labute approximate surface area is 94.2 Å². The smallest absolute Gasteiger partial charge is 0.338 e. The van der Waals surface area contributed by atoms with Gasteiger partial charge in [0.15, 0.2) is 0 Å². The van der Waals surface area contributed by atoms with Crippen molar-refractivity contribution in [1.29, 1.82) is 0 Å². The highest BCUT2D eigenvalue weighted by Gasteiger charge is 2.09. The molecule has 0 spiro atoms. The monoisotopic (exact) mass is 273 g/mol. The molecule has 0 bridgehead atoms. The average molecular weight is 275 g/mol. The first-order chi connectivity index (χ1) is 6.65. The van der Waals surface area contributed by atoms with Crippen molar-refractivity contribution in [2.45, 2.75) is 0 Å². The van der Waals surface area contributed by atoms with Crippen LogP contribution in [0.25, 0.3) is 0 Å². The number of carboxylic acid groups (broad SMARTS) is 1. The Morgan fingerprint density at radius 1 is 1.71 bits per heavy atom. The molecule has 0 saturated heterocycles. The minimum absolute atomic E-state index is 0.0260. The molecule has 0 radical (unpaired) electrons. The lowest BCUT2D eigenvalue weighted by Crippen LogP contribution is -1.99. The van der Waals surface area contributed by atoms with Crippen molar-refractivity contribution in [3.8, 4) is 11.8 Å². The van der Waals surface area contributed by atoms with Crippen LogP contribution < -0.4 is 0 Å². The summed E-state index contributed by atoms with van der Waals surface area (Å²) in [6.07, 6.45) is 1.43. The quantitative estimate of drug-likeness (QED) is 0.485. The summed E-state index contributed by atoms with van der Waals surface area (Å²) in [6.45, 7) is 0. The van der Waals surface area contributed by atoms with Crippen LogP contribution in [0.1, 0.15) is 15.9 Å². The summed E-state index contributed by atoms with van der Waals surface area (Å²) in [7, 11) is 0. The molecule has 1 heterocycles. The van der Waals surface area contributed by atoms with Gasteiger partial charge in [0.2, 0.25) is 0 Å². The molecule has 0 aliphatic carbocycles. The first-order valence-corrected chi connectivity index (χ1v) is 5.08. The molecule has 0 amide bonds. The number of nitrogens with zero attached hydrogens (tertiary/aromatic N) is 1. The molecule has 0 aliphatic heterocycles. The highest BCUT2D eigenvalue weighted by atomic mass is 79.9. The number of pyridine rings is 1. The van der Waals surface area contributed by atoms with Gasteiger partial charge in [-0.2, -0.15) is 0 Å². The van der Waals surface area contributed by atoms with Gasteiger partial charge in [-0.25, -0.2) is 9.78 Å². The third-order valence-electron chi connectivity index (χ3n) is 1.37. The molecular formula is C9H5BrClNO2. The van der Waals surface area contributed by atoms with Crippen molar-refractivity contribution in [3.63, 3.8) is 0 Å². The highest BCUT2D eigenvalue weighted by molar-refractivity contribution is 9.09. The third-order valence-corrected chi connectivity index (χ3v) is 1.95. The van der Waals surface area contributed by atoms with Gasteiger partial charge in [-0.3, -0.25) is 0 Å². The molecule has 14 heavy (non-hydrogen) atoms. The van der Waals surface area contributed by atoms with Crippen LogP contribution in [0.15, 0.2) is 12.3 Å². The van der Waals surface area contributed by atoms with E-state index in [0.29, 0.717) is 10.9 Å². The van der Waals surface area contributed by atoms with Crippen molar-refractivity contribution in [2.24, 2.45) is 0 Å². The van der Waals surface area contributed by atoms with E-state index in [9.17, 15) is 4.79 Å². The number of alkyl halides is 1. The predicted octanol–water partition coefficient (Wildman–Crippen LogP) is 2.18. The summed E-state index contributed by atoms with van der Waals surface area (Å²) < 4.78 is 0. The second kappa shape index (κ2) is 4.99. The molecule has 0 aromatic carbocycles. The molecule has 5 heteroatoms. The molecule has 1 aromatic rings. The predicted molar refractivity (Wildman–Crippen MR) is 56.9 cm³/mol. The van der Waals surface area contributed by atoms with Gasteiger partial charge in [0, 0.05) is 11.8 Å². The van der Waals surface area contributed by atoms with Crippen LogP contribution in [0.2, 0.25) is 5.15 Å². The van der Waals surface area contributed by atoms with Gasteiger partial charge in [-0.1, -0.05) is 39.4 Å². The van der Waals surface area contributed by atoms with Crippen LogP contribution in [0.4, 0.5) is 0 Å². The van der Waals surface area contributed by atoms with Gasteiger partial charge in [0.1, 0.15) is 5.15 Å². The Hall–Kier alpha value is -1.05. The van der Waals surface area contributed by atoms with E-state index < -0.39 is 5.97 Å². The van der Waals surface area contributed by atoms with Crippen molar-refractivity contribution >= 4 is 33.5 Å². The number of halogens is 2. The third kappa shape index (κ3) is 2.72. The molecule has 0 fully saturated rings. The fourth-order valence-corrected chi connectivity index (χ4v) is 1.13. The molecule has 72 valence electrons. The molecule has 0 atom stereocenters. The zero-order valence-electron chi connectivity index (χ0n) is 6.92. The number of rotatable bonds is 1. The van der Waals surface area contributed by atoms with Crippen molar-refractivity contribution in [3.05, 3.63) is 28.5 Å². The standard InChI is InChI=1S/C9H5BrClNO2/c10-3-1-2-6-4-7(9(13)14)8(11)12-5-6/h4-5H,3H2,(H,13,14). The summed E-state index contributed by atoms with van der Waals surface area (Å²) in [5, 5.41) is 9.23. The molecule has 1 aromatic heterocycles. The molecule has 1 N–H and O–H groups in total. The lowest BCUT2D eigenvalue weighted by molar-refractivity contribution is 0.0696. The van der Waals surface area contributed by atoms with E-state index in [4.69, 9.17) is 16.7 Å². The minimum Gasteiger partial charge on any atom is -0.478 e. The molecule has 0 saturated carbocycles. The van der Waals surface area contributed by atoms with Gasteiger partial charge in [-0.05, 0) is 6.07 Å². The molecule has 3 nitrogen and oxygen atoms in total. The Morgan fingerprint density at radius 3 is 3.00 bits per heavy atom. The maximum absolute atomic E-state index is 10.7. The Kier molecular flexibility index (Phi) is 3.93. The largest absolute Gasteiger partial charge is 0.478 e. The Morgan fingerprint density at radius 2 is 2.43 bits per heavy atom. The van der Waals surface area contributed by atoms with E-state index >= 15 is 0 Å². The fraction of sp³-hybridized carbons (Fsp3) is 0.111. The second-order valence-electron chi connectivity index (χ2n) is 2.30. The zero-order valence-corrected chi connectivity index (χ0v) is 9.26. The lowest BCUT2D eigenvalue weighted by atomic mass is 10.2. The summed E-state index contributed by atoms with van der Waals surface area (Å²) in [6, 6.07) is 1.40. The maximum atomic E-state index is 10.7. The van der Waals surface area contributed by atoms with E-state index in [1.165, 1.54) is 12.3 Å². The van der Waals surface area contributed by atoms with Gasteiger partial charge in [0.05, 0.1) is 10.9 Å². The number of carbonyl (C=O) groups is 1. The Bertz CT molecular complexity index is 423. The van der Waals surface area contributed by atoms with Crippen molar-refractivity contribution in [1.82, 2.24) is 4.98 Å². The van der Waals surface area contributed by atoms with Gasteiger partial charge < -0.3 is 5.11 Å². The number of aromatic carboxylic acids is 1. The second-order valence-corrected chi connectivity index (χ2v) is 3.22. The average Bonchev–Trinajstić information content (AvgIpc) is 2.16. The van der Waals surface area contributed by atoms with Gasteiger partial charge in [0.25, 0.3) is 0 Å². The summed E-state index contributed by atoms with van der Waals surface area (Å²) in [5.41, 5.74) is 0.499. The summed E-state index contributed by atoms with van der Waals surface area (Å²) in [4.78, 5) is 14.4. The van der Waals surface area contributed by atoms with E-state index in [1.54, 1.807) is 0 Å². The number of hydrogen-bond donors (Lipinski definition) is 1. The van der Waals surface area contributed by atoms with Crippen LogP contribution >= 0.6 is 27.5 Å². The summed E-state index contributed by atoms with van der Waals surface area (Å²) >= 11 is 8.71. The first kappa shape index (κ1) is 11.0. The molecule has 0 aliphatic rings. The van der Waals surface area contributed by atoms with E-state index in [-0.39, 0.29) is 10.7 Å². The summed E-state index contributed by atoms with van der Waals surface area (Å²) in [5.74, 6) is 4.37. The highest BCUT2D eigenvalue weighted by Crippen LogP contribution is 2.13. The normalized spacial score (nSPS) is 9.00. The zero-order chi connectivity index (χ0) is 10.6. The van der Waals surface area contributed by atoms with Crippen molar-refractivity contribution in [2.75, 3.05) is 5.33 Å². The van der Waals surface area contributed by atoms with Crippen LogP contribution in [0.5, 0.6) is 0 Å².